The number of ether oxygens (including phenoxy) is 1. The third kappa shape index (κ3) is 6.11. The third-order valence-corrected chi connectivity index (χ3v) is 5.98. The Labute approximate surface area is 188 Å². The van der Waals surface area contributed by atoms with Crippen LogP contribution in [0.15, 0.2) is 42.5 Å². The number of aliphatic hydroxyl groups is 2. The second kappa shape index (κ2) is 10.8. The molecule has 31 heavy (non-hydrogen) atoms. The average Bonchev–Trinajstić information content (AvgIpc) is 3.17. The van der Waals surface area contributed by atoms with E-state index in [2.05, 4.69) is 10.4 Å². The number of para-hydroxylation sites is 1. The topological polar surface area (TPSA) is 94.9 Å². The molecule has 0 saturated carbocycles. The zero-order valence-electron chi connectivity index (χ0n) is 16.8. The molecule has 1 heterocycles. The number of rotatable bonds is 10. The molecular formula is C21H23ClFN3O4S. The van der Waals surface area contributed by atoms with E-state index in [0.717, 1.165) is 10.2 Å². The SMILES string of the molecule is CC(=O)N(NCc1cccc(F)c1Cl)[C@H](COc1nc2ccccc2s1)C[C@@H](O)CO. The molecular weight excluding hydrogens is 445 g/mol. The van der Waals surface area contributed by atoms with Crippen molar-refractivity contribution in [3.63, 3.8) is 0 Å². The highest BCUT2D eigenvalue weighted by Crippen LogP contribution is 2.27. The molecule has 0 bridgehead atoms. The number of nitrogens with one attached hydrogen (secondary N) is 1. The van der Waals surface area contributed by atoms with Gasteiger partial charge in [0.15, 0.2) is 0 Å². The fraction of sp³-hybridized carbons (Fsp3) is 0.333. The van der Waals surface area contributed by atoms with Gasteiger partial charge in [0, 0.05) is 19.9 Å². The fourth-order valence-electron chi connectivity index (χ4n) is 3.07. The van der Waals surface area contributed by atoms with Gasteiger partial charge in [-0.15, -0.1) is 0 Å². The number of aliphatic hydroxyl groups excluding tert-OH is 2. The Bertz CT molecular complexity index is 1000. The summed E-state index contributed by atoms with van der Waals surface area (Å²) in [5, 5.41) is 21.0. The summed E-state index contributed by atoms with van der Waals surface area (Å²) in [7, 11) is 0. The number of halogens is 2. The van der Waals surface area contributed by atoms with Gasteiger partial charge < -0.3 is 14.9 Å². The molecule has 10 heteroatoms. The summed E-state index contributed by atoms with van der Waals surface area (Å²) in [6.07, 6.45) is -0.990. The molecule has 0 radical (unpaired) electrons. The fourth-order valence-corrected chi connectivity index (χ4v) is 4.09. The average molecular weight is 468 g/mol. The smallest absolute Gasteiger partial charge is 0.274 e. The molecule has 166 valence electrons. The number of benzene rings is 2. The van der Waals surface area contributed by atoms with Crippen LogP contribution in [0.2, 0.25) is 5.02 Å². The van der Waals surface area contributed by atoms with Gasteiger partial charge in [0.25, 0.3) is 5.19 Å². The minimum absolute atomic E-state index is 0.0281. The summed E-state index contributed by atoms with van der Waals surface area (Å²) in [6, 6.07) is 11.4. The summed E-state index contributed by atoms with van der Waals surface area (Å²) in [5.41, 5.74) is 4.21. The van der Waals surface area contributed by atoms with Gasteiger partial charge in [-0.3, -0.25) is 9.80 Å². The van der Waals surface area contributed by atoms with Crippen LogP contribution in [0.25, 0.3) is 10.2 Å². The number of hydrogen-bond acceptors (Lipinski definition) is 7. The predicted octanol–water partition coefficient (Wildman–Crippen LogP) is 3.13. The van der Waals surface area contributed by atoms with E-state index in [1.807, 2.05) is 24.3 Å². The lowest BCUT2D eigenvalue weighted by molar-refractivity contribution is -0.137. The third-order valence-electron chi connectivity index (χ3n) is 4.60. The molecule has 3 rings (SSSR count). The number of hydrogen-bond donors (Lipinski definition) is 3. The van der Waals surface area contributed by atoms with Crippen molar-refractivity contribution in [2.45, 2.75) is 32.0 Å². The Morgan fingerprint density at radius 1 is 1.32 bits per heavy atom. The second-order valence-electron chi connectivity index (χ2n) is 6.92. The molecule has 3 N–H and O–H groups in total. The van der Waals surface area contributed by atoms with Gasteiger partial charge in [0.2, 0.25) is 5.91 Å². The molecule has 0 aliphatic carbocycles. The molecule has 3 aromatic rings. The zero-order chi connectivity index (χ0) is 22.4. The van der Waals surface area contributed by atoms with E-state index in [4.69, 9.17) is 16.3 Å². The molecule has 2 aromatic carbocycles. The van der Waals surface area contributed by atoms with Crippen LogP contribution >= 0.6 is 22.9 Å². The number of hydrazine groups is 1. The Morgan fingerprint density at radius 2 is 2.10 bits per heavy atom. The maximum Gasteiger partial charge on any atom is 0.274 e. The Morgan fingerprint density at radius 3 is 2.81 bits per heavy atom. The summed E-state index contributed by atoms with van der Waals surface area (Å²) in [4.78, 5) is 16.7. The van der Waals surface area contributed by atoms with E-state index >= 15 is 0 Å². The van der Waals surface area contributed by atoms with Crippen molar-refractivity contribution < 1.29 is 24.1 Å². The molecule has 0 aliphatic rings. The normalized spacial score (nSPS) is 13.2. The maximum atomic E-state index is 13.7. The lowest BCUT2D eigenvalue weighted by Gasteiger charge is -2.32. The molecule has 0 fully saturated rings. The molecule has 1 aromatic heterocycles. The van der Waals surface area contributed by atoms with E-state index in [0.29, 0.717) is 10.8 Å². The van der Waals surface area contributed by atoms with Crippen LogP contribution < -0.4 is 10.2 Å². The molecule has 2 atom stereocenters. The number of fused-ring (bicyclic) bond motifs is 1. The van der Waals surface area contributed by atoms with E-state index in [-0.39, 0.29) is 30.5 Å². The van der Waals surface area contributed by atoms with Gasteiger partial charge in [0.05, 0.1) is 34.0 Å². The predicted molar refractivity (Wildman–Crippen MR) is 117 cm³/mol. The van der Waals surface area contributed by atoms with Crippen molar-refractivity contribution >= 4 is 39.1 Å². The Kier molecular flexibility index (Phi) is 8.16. The molecule has 0 unspecified atom stereocenters. The van der Waals surface area contributed by atoms with Crippen molar-refractivity contribution in [1.29, 1.82) is 0 Å². The second-order valence-corrected chi connectivity index (χ2v) is 8.29. The van der Waals surface area contributed by atoms with E-state index in [1.165, 1.54) is 35.4 Å². The first-order valence-corrected chi connectivity index (χ1v) is 10.8. The number of carbonyl (C=O) groups is 1. The van der Waals surface area contributed by atoms with Crippen LogP contribution in [-0.4, -0.2) is 51.5 Å². The van der Waals surface area contributed by atoms with Crippen LogP contribution in [0.4, 0.5) is 4.39 Å². The molecule has 0 aliphatic heterocycles. The van der Waals surface area contributed by atoms with Crippen molar-refractivity contribution in [3.8, 4) is 5.19 Å². The number of thiazole rings is 1. The quantitative estimate of drug-likeness (QED) is 0.396. The monoisotopic (exact) mass is 467 g/mol. The van der Waals surface area contributed by atoms with Crippen molar-refractivity contribution in [2.24, 2.45) is 0 Å². The summed E-state index contributed by atoms with van der Waals surface area (Å²) in [6.45, 7) is 1.01. The van der Waals surface area contributed by atoms with Gasteiger partial charge in [-0.1, -0.05) is 47.2 Å². The van der Waals surface area contributed by atoms with Gasteiger partial charge >= 0.3 is 0 Å². The van der Waals surface area contributed by atoms with Crippen molar-refractivity contribution in [2.75, 3.05) is 13.2 Å². The standard InChI is InChI=1S/C21H23ClFN3O4S/c1-13(28)26(24-10-14-5-4-6-17(23)20(14)22)15(9-16(29)11-27)12-30-21-25-18-7-2-3-8-19(18)31-21/h2-8,15-16,24,27,29H,9-12H2,1H3/t15-,16+/m0/s1. The summed E-state index contributed by atoms with van der Waals surface area (Å²) >= 11 is 7.37. The molecule has 7 nitrogen and oxygen atoms in total. The molecule has 1 amide bonds. The number of amides is 1. The van der Waals surface area contributed by atoms with Gasteiger partial charge in [-0.2, -0.15) is 0 Å². The zero-order valence-corrected chi connectivity index (χ0v) is 18.4. The minimum atomic E-state index is -1.05. The van der Waals surface area contributed by atoms with Crippen LogP contribution in [-0.2, 0) is 11.3 Å². The van der Waals surface area contributed by atoms with Crippen molar-refractivity contribution in [1.82, 2.24) is 15.4 Å². The number of aromatic nitrogens is 1. The van der Waals surface area contributed by atoms with E-state index in [9.17, 15) is 19.4 Å². The first-order chi connectivity index (χ1) is 14.9. The highest BCUT2D eigenvalue weighted by atomic mass is 35.5. The van der Waals surface area contributed by atoms with E-state index < -0.39 is 24.6 Å². The highest BCUT2D eigenvalue weighted by molar-refractivity contribution is 7.20. The lowest BCUT2D eigenvalue weighted by atomic mass is 10.1. The van der Waals surface area contributed by atoms with Crippen LogP contribution in [0.5, 0.6) is 5.19 Å². The van der Waals surface area contributed by atoms with Crippen LogP contribution in [0, 0.1) is 5.82 Å². The maximum absolute atomic E-state index is 13.7. The first kappa shape index (κ1) is 23.4. The van der Waals surface area contributed by atoms with Crippen LogP contribution in [0.1, 0.15) is 18.9 Å². The summed E-state index contributed by atoms with van der Waals surface area (Å²) < 4.78 is 20.5. The van der Waals surface area contributed by atoms with E-state index in [1.54, 1.807) is 6.07 Å². The van der Waals surface area contributed by atoms with Gasteiger partial charge in [0.1, 0.15) is 12.4 Å². The minimum Gasteiger partial charge on any atom is -0.468 e. The summed E-state index contributed by atoms with van der Waals surface area (Å²) in [5.74, 6) is -0.891. The number of nitrogens with zero attached hydrogens (tertiary/aromatic N) is 2. The number of carbonyl (C=O) groups excluding carboxylic acids is 1. The highest BCUT2D eigenvalue weighted by Gasteiger charge is 2.25. The molecule has 0 spiro atoms. The lowest BCUT2D eigenvalue weighted by Crippen LogP contribution is -2.52. The largest absolute Gasteiger partial charge is 0.468 e. The molecule has 0 saturated heterocycles. The van der Waals surface area contributed by atoms with Crippen LogP contribution in [0.3, 0.4) is 0 Å². The Balaban J connectivity index is 1.74. The Hall–Kier alpha value is -2.30. The van der Waals surface area contributed by atoms with Gasteiger partial charge in [-0.05, 0) is 23.8 Å². The first-order valence-electron chi connectivity index (χ1n) is 9.62. The van der Waals surface area contributed by atoms with Crippen molar-refractivity contribution in [3.05, 3.63) is 58.9 Å². The van der Waals surface area contributed by atoms with Gasteiger partial charge in [-0.25, -0.2) is 14.8 Å².